The minimum atomic E-state index is -0.990. The van der Waals surface area contributed by atoms with E-state index >= 15 is 0 Å². The molecule has 2 fully saturated rings. The second-order valence-corrected chi connectivity index (χ2v) is 13.7. The molecule has 12 nitrogen and oxygen atoms in total. The van der Waals surface area contributed by atoms with E-state index in [0.717, 1.165) is 34.6 Å². The average Bonchev–Trinajstić information content (AvgIpc) is 3.35. The van der Waals surface area contributed by atoms with Gasteiger partial charge < -0.3 is 14.8 Å². The van der Waals surface area contributed by atoms with Gasteiger partial charge in [-0.05, 0) is 66.1 Å². The van der Waals surface area contributed by atoms with Crippen LogP contribution >= 0.6 is 0 Å². The molecule has 3 aliphatic rings. The number of carbonyl (C=O) groups excluding carboxylic acids is 5. The first-order valence-corrected chi connectivity index (χ1v) is 16.9. The number of ether oxygens (including phenoxy) is 2. The van der Waals surface area contributed by atoms with E-state index < -0.39 is 29.7 Å². The van der Waals surface area contributed by atoms with Gasteiger partial charge in [-0.2, -0.15) is 0 Å². The fraction of sp³-hybridized carbons (Fsp3) is 0.308. The Labute approximate surface area is 294 Å². The highest BCUT2D eigenvalue weighted by Crippen LogP contribution is 2.36. The van der Waals surface area contributed by atoms with Crippen molar-refractivity contribution in [2.24, 2.45) is 0 Å². The smallest absolute Gasteiger partial charge is 0.262 e. The molecule has 2 N–H and O–H groups in total. The summed E-state index contributed by atoms with van der Waals surface area (Å²) in [5, 5.41) is 5.64. The zero-order chi connectivity index (χ0) is 35.9. The van der Waals surface area contributed by atoms with Crippen LogP contribution in [0.1, 0.15) is 94.6 Å². The van der Waals surface area contributed by atoms with Gasteiger partial charge in [0.1, 0.15) is 30.3 Å². The number of hydrogen-bond acceptors (Lipinski definition) is 10. The number of hydrogen-bond donors (Lipinski definition) is 2. The first-order valence-electron chi connectivity index (χ1n) is 16.9. The van der Waals surface area contributed by atoms with Gasteiger partial charge in [0.15, 0.2) is 11.6 Å². The van der Waals surface area contributed by atoms with Crippen LogP contribution in [0.15, 0.2) is 79.0 Å². The number of Topliss-reactive ketones (excluding diaryl/α,β-unsaturated/α-hetero) is 1. The number of ketones is 1. The maximum Gasteiger partial charge on any atom is 0.262 e. The summed E-state index contributed by atoms with van der Waals surface area (Å²) in [7, 11) is 0. The summed E-state index contributed by atoms with van der Waals surface area (Å²) in [6, 6.07) is 22.0. The van der Waals surface area contributed by atoms with Crippen LogP contribution < -0.4 is 20.1 Å². The lowest BCUT2D eigenvalue weighted by Gasteiger charge is -2.36. The van der Waals surface area contributed by atoms with Crippen molar-refractivity contribution in [3.63, 3.8) is 0 Å². The molecule has 260 valence electrons. The molecule has 1 aromatic heterocycles. The van der Waals surface area contributed by atoms with Gasteiger partial charge in [0.25, 0.3) is 11.8 Å². The molecule has 0 spiro atoms. The van der Waals surface area contributed by atoms with Gasteiger partial charge in [0.2, 0.25) is 11.8 Å². The summed E-state index contributed by atoms with van der Waals surface area (Å²) in [6.45, 7) is 6.00. The first-order chi connectivity index (χ1) is 24.5. The lowest BCUT2D eigenvalue weighted by atomic mass is 9.78. The van der Waals surface area contributed by atoms with Crippen LogP contribution in [0.3, 0.4) is 0 Å². The second kappa shape index (κ2) is 13.4. The number of fused-ring (bicyclic) bond motifs is 1. The molecule has 1 atom stereocenters. The Balaban J connectivity index is 0.901. The molecule has 0 bridgehead atoms. The standard InChI is InChI=1S/C39H37N5O7/c1-22(45)35-40-17-16-26(42-35)21-50-28-9-4-23(5-10-28)39(2,3)24-6-11-29(12-7-24)51-30-18-27(19-30)41-25-8-13-31-32(20-25)38(49)44(37(31)48)33-14-15-34(46)43-36(33)47/h4-13,16-17,20,27,30,33,41H,14-15,18-19,21H2,1-3H3,(H,43,46,47). The molecule has 1 saturated carbocycles. The van der Waals surface area contributed by atoms with Crippen LogP contribution in [0.5, 0.6) is 11.5 Å². The fourth-order valence-electron chi connectivity index (χ4n) is 6.66. The topological polar surface area (TPSA) is 157 Å². The highest BCUT2D eigenvalue weighted by molar-refractivity contribution is 6.23. The third-order valence-corrected chi connectivity index (χ3v) is 9.77. The number of carbonyl (C=O) groups is 5. The predicted octanol–water partition coefficient (Wildman–Crippen LogP) is 5.01. The molecule has 0 radical (unpaired) electrons. The number of rotatable bonds is 11. The van der Waals surface area contributed by atoms with E-state index in [0.29, 0.717) is 17.1 Å². The van der Waals surface area contributed by atoms with Crippen molar-refractivity contribution < 1.29 is 33.4 Å². The lowest BCUT2D eigenvalue weighted by Crippen LogP contribution is -2.54. The third-order valence-electron chi connectivity index (χ3n) is 9.77. The van der Waals surface area contributed by atoms with Crippen LogP contribution in [-0.4, -0.2) is 62.5 Å². The molecule has 3 aromatic carbocycles. The molecular formula is C39H37N5O7. The minimum Gasteiger partial charge on any atom is -0.490 e. The Morgan fingerprint density at radius 1 is 0.902 bits per heavy atom. The number of nitrogens with zero attached hydrogens (tertiary/aromatic N) is 3. The van der Waals surface area contributed by atoms with E-state index in [-0.39, 0.29) is 59.7 Å². The van der Waals surface area contributed by atoms with Crippen molar-refractivity contribution in [3.05, 3.63) is 113 Å². The SMILES string of the molecule is CC(=O)c1nccc(COc2ccc(C(C)(C)c3ccc(OC4CC(Nc5ccc6c(c5)C(=O)N(C5CCC(=O)NC5=O)C6=O)C4)cc3)cc2)n1. The predicted molar refractivity (Wildman–Crippen MR) is 186 cm³/mol. The molecule has 7 rings (SSSR count). The van der Waals surface area contributed by atoms with Crippen molar-refractivity contribution in [1.82, 2.24) is 20.2 Å². The molecule has 4 aromatic rings. The highest BCUT2D eigenvalue weighted by Gasteiger charge is 2.45. The molecule has 1 unspecified atom stereocenters. The molecule has 2 aliphatic heterocycles. The second-order valence-electron chi connectivity index (χ2n) is 13.7. The van der Waals surface area contributed by atoms with Crippen LogP contribution in [-0.2, 0) is 21.6 Å². The van der Waals surface area contributed by atoms with Crippen molar-refractivity contribution in [2.45, 2.75) is 76.7 Å². The Bertz CT molecular complexity index is 2040. The fourth-order valence-corrected chi connectivity index (χ4v) is 6.66. The largest absolute Gasteiger partial charge is 0.490 e. The van der Waals surface area contributed by atoms with Gasteiger partial charge >= 0.3 is 0 Å². The first kappa shape index (κ1) is 33.6. The minimum absolute atomic E-state index is 0.0333. The number of piperidine rings is 1. The molecule has 51 heavy (non-hydrogen) atoms. The highest BCUT2D eigenvalue weighted by atomic mass is 16.5. The van der Waals surface area contributed by atoms with Crippen LogP contribution in [0.25, 0.3) is 0 Å². The van der Waals surface area contributed by atoms with Gasteiger partial charge in [0, 0.05) is 49.5 Å². The summed E-state index contributed by atoms with van der Waals surface area (Å²) in [6.07, 6.45) is 3.32. The Kier molecular flexibility index (Phi) is 8.84. The monoisotopic (exact) mass is 687 g/mol. The number of nitrogens with one attached hydrogen (secondary N) is 2. The number of amides is 4. The number of anilines is 1. The zero-order valence-electron chi connectivity index (χ0n) is 28.5. The van der Waals surface area contributed by atoms with Gasteiger partial charge in [-0.1, -0.05) is 38.1 Å². The van der Waals surface area contributed by atoms with E-state index in [4.69, 9.17) is 9.47 Å². The normalized spacial score (nSPS) is 20.0. The zero-order valence-corrected chi connectivity index (χ0v) is 28.5. The quantitative estimate of drug-likeness (QED) is 0.162. The van der Waals surface area contributed by atoms with E-state index in [2.05, 4.69) is 46.6 Å². The number of benzene rings is 3. The third kappa shape index (κ3) is 6.81. The van der Waals surface area contributed by atoms with Crippen LogP contribution in [0.4, 0.5) is 5.69 Å². The summed E-state index contributed by atoms with van der Waals surface area (Å²) in [5.41, 5.74) is 3.83. The van der Waals surface area contributed by atoms with E-state index in [9.17, 15) is 24.0 Å². The van der Waals surface area contributed by atoms with Crippen molar-refractivity contribution >= 4 is 35.1 Å². The summed E-state index contributed by atoms with van der Waals surface area (Å²) in [5.74, 6) is -0.609. The summed E-state index contributed by atoms with van der Waals surface area (Å²) in [4.78, 5) is 70.8. The average molecular weight is 688 g/mol. The van der Waals surface area contributed by atoms with Crippen LogP contribution in [0.2, 0.25) is 0 Å². The molecule has 3 heterocycles. The summed E-state index contributed by atoms with van der Waals surface area (Å²) >= 11 is 0. The summed E-state index contributed by atoms with van der Waals surface area (Å²) < 4.78 is 12.1. The van der Waals surface area contributed by atoms with E-state index in [1.807, 2.05) is 36.4 Å². The lowest BCUT2D eigenvalue weighted by molar-refractivity contribution is -0.136. The van der Waals surface area contributed by atoms with Crippen molar-refractivity contribution in [3.8, 4) is 11.5 Å². The van der Waals surface area contributed by atoms with Crippen molar-refractivity contribution in [2.75, 3.05) is 5.32 Å². The van der Waals surface area contributed by atoms with Gasteiger partial charge in [-0.25, -0.2) is 9.97 Å². The Morgan fingerprint density at radius 3 is 2.24 bits per heavy atom. The Hall–Kier alpha value is -5.91. The maximum absolute atomic E-state index is 13.2. The maximum atomic E-state index is 13.2. The number of aromatic nitrogens is 2. The van der Waals surface area contributed by atoms with Gasteiger partial charge in [-0.15, -0.1) is 0 Å². The van der Waals surface area contributed by atoms with E-state index in [1.165, 1.54) is 6.92 Å². The molecular weight excluding hydrogens is 650 g/mol. The molecule has 1 saturated heterocycles. The molecule has 1 aliphatic carbocycles. The molecule has 12 heteroatoms. The van der Waals surface area contributed by atoms with Crippen LogP contribution in [0, 0.1) is 0 Å². The molecule has 4 amide bonds. The van der Waals surface area contributed by atoms with E-state index in [1.54, 1.807) is 30.5 Å². The van der Waals surface area contributed by atoms with Crippen molar-refractivity contribution in [1.29, 1.82) is 0 Å². The van der Waals surface area contributed by atoms with Gasteiger partial charge in [-0.3, -0.25) is 34.2 Å². The number of imide groups is 2. The Morgan fingerprint density at radius 2 is 1.57 bits per heavy atom. The van der Waals surface area contributed by atoms with Gasteiger partial charge in [0.05, 0.1) is 16.8 Å².